The number of hydrogen-bond acceptors (Lipinski definition) is 0. The molecule has 0 saturated carbocycles. The second-order valence-electron chi connectivity index (χ2n) is 4.30. The highest BCUT2D eigenvalue weighted by molar-refractivity contribution is 5.87. The number of fused-ring (bicyclic) bond motifs is 1. The van der Waals surface area contributed by atoms with E-state index in [1.54, 1.807) is 0 Å². The maximum atomic E-state index is 14.0. The third kappa shape index (κ3) is 1.77. The van der Waals surface area contributed by atoms with Gasteiger partial charge in [-0.3, -0.25) is 0 Å². The summed E-state index contributed by atoms with van der Waals surface area (Å²) in [5.41, 5.74) is -1.48. The maximum Gasteiger partial charge on any atom is 0.170 e. The average Bonchev–Trinajstić information content (AvgIpc) is 2.41. The lowest BCUT2D eigenvalue weighted by molar-refractivity contribution is 0.466. The SMILES string of the molecule is CCc1c(F)c(F)c2c(F)c(CC)c(F)c(F)c2c1F. The van der Waals surface area contributed by atoms with Crippen LogP contribution in [0.5, 0.6) is 0 Å². The third-order valence-electron chi connectivity index (χ3n) is 3.28. The summed E-state index contributed by atoms with van der Waals surface area (Å²) in [6.45, 7) is 2.63. The highest BCUT2D eigenvalue weighted by Crippen LogP contribution is 2.35. The molecule has 0 spiro atoms. The third-order valence-corrected chi connectivity index (χ3v) is 3.28. The summed E-state index contributed by atoms with van der Waals surface area (Å²) < 4.78 is 82.9. The van der Waals surface area contributed by atoms with Crippen LogP contribution in [-0.2, 0) is 12.8 Å². The van der Waals surface area contributed by atoms with E-state index in [1.165, 1.54) is 13.8 Å². The van der Waals surface area contributed by atoms with Crippen molar-refractivity contribution in [3.05, 3.63) is 46.0 Å². The van der Waals surface area contributed by atoms with Gasteiger partial charge < -0.3 is 0 Å². The Kier molecular flexibility index (Phi) is 3.67. The van der Waals surface area contributed by atoms with Crippen molar-refractivity contribution in [2.45, 2.75) is 26.7 Å². The minimum atomic E-state index is -1.70. The van der Waals surface area contributed by atoms with Crippen LogP contribution < -0.4 is 0 Å². The summed E-state index contributed by atoms with van der Waals surface area (Å²) >= 11 is 0. The van der Waals surface area contributed by atoms with Crippen LogP contribution in [0, 0.1) is 34.9 Å². The lowest BCUT2D eigenvalue weighted by Crippen LogP contribution is -2.08. The zero-order valence-corrected chi connectivity index (χ0v) is 10.7. The zero-order chi connectivity index (χ0) is 15.2. The largest absolute Gasteiger partial charge is 0.206 e. The van der Waals surface area contributed by atoms with Crippen molar-refractivity contribution in [2.24, 2.45) is 0 Å². The smallest absolute Gasteiger partial charge is 0.170 e. The van der Waals surface area contributed by atoms with Crippen LogP contribution >= 0.6 is 0 Å². The molecule has 0 nitrogen and oxygen atoms in total. The van der Waals surface area contributed by atoms with Crippen molar-refractivity contribution in [1.82, 2.24) is 0 Å². The average molecular weight is 292 g/mol. The minimum absolute atomic E-state index is 0.275. The van der Waals surface area contributed by atoms with Gasteiger partial charge in [0.15, 0.2) is 23.3 Å². The fraction of sp³-hybridized carbons (Fsp3) is 0.286. The Morgan fingerprint density at radius 2 is 0.800 bits per heavy atom. The molecule has 0 aliphatic rings. The number of halogens is 6. The Hall–Kier alpha value is -1.72. The fourth-order valence-corrected chi connectivity index (χ4v) is 2.23. The monoisotopic (exact) mass is 292 g/mol. The predicted octanol–water partition coefficient (Wildman–Crippen LogP) is 4.80. The molecule has 0 heterocycles. The lowest BCUT2D eigenvalue weighted by Gasteiger charge is -2.13. The molecule has 0 aromatic heterocycles. The van der Waals surface area contributed by atoms with Gasteiger partial charge in [0.1, 0.15) is 11.6 Å². The molecule has 0 bridgehead atoms. The van der Waals surface area contributed by atoms with Gasteiger partial charge in [-0.15, -0.1) is 0 Å². The highest BCUT2D eigenvalue weighted by Gasteiger charge is 2.28. The van der Waals surface area contributed by atoms with Gasteiger partial charge in [-0.25, -0.2) is 26.3 Å². The predicted molar refractivity (Wildman–Crippen MR) is 62.5 cm³/mol. The molecule has 0 atom stereocenters. The van der Waals surface area contributed by atoms with Gasteiger partial charge in [0, 0.05) is 11.1 Å². The quantitative estimate of drug-likeness (QED) is 0.551. The van der Waals surface area contributed by atoms with Crippen LogP contribution in [0.15, 0.2) is 0 Å². The Labute approximate surface area is 111 Å². The first-order valence-corrected chi connectivity index (χ1v) is 6.01. The standard InChI is InChI=1S/C14H10F6/c1-3-5-9(15)7-8(13(19)11(5)17)10(16)6(4-2)12(18)14(7)20/h3-4H2,1-2H3. The maximum absolute atomic E-state index is 14.0. The molecule has 0 aliphatic carbocycles. The molecule has 0 amide bonds. The first kappa shape index (κ1) is 14.7. The Bertz CT molecular complexity index is 644. The fourth-order valence-electron chi connectivity index (χ4n) is 2.23. The molecule has 20 heavy (non-hydrogen) atoms. The molecule has 0 unspecified atom stereocenters. The van der Waals surface area contributed by atoms with E-state index in [0.717, 1.165) is 0 Å². The van der Waals surface area contributed by atoms with E-state index in [4.69, 9.17) is 0 Å². The molecule has 0 fully saturated rings. The van der Waals surface area contributed by atoms with Crippen LogP contribution in [0.4, 0.5) is 26.3 Å². The van der Waals surface area contributed by atoms with Crippen LogP contribution in [0.2, 0.25) is 0 Å². The first-order valence-electron chi connectivity index (χ1n) is 6.01. The van der Waals surface area contributed by atoms with Crippen molar-refractivity contribution in [2.75, 3.05) is 0 Å². The second kappa shape index (κ2) is 5.00. The molecule has 2 aromatic carbocycles. The Morgan fingerprint density at radius 3 is 1.05 bits per heavy atom. The van der Waals surface area contributed by atoms with Crippen molar-refractivity contribution in [3.8, 4) is 0 Å². The molecule has 108 valence electrons. The van der Waals surface area contributed by atoms with E-state index in [2.05, 4.69) is 0 Å². The van der Waals surface area contributed by atoms with E-state index in [1.807, 2.05) is 0 Å². The Morgan fingerprint density at radius 1 is 0.500 bits per heavy atom. The molecule has 6 heteroatoms. The molecular weight excluding hydrogens is 282 g/mol. The van der Waals surface area contributed by atoms with E-state index < -0.39 is 56.8 Å². The molecule has 0 N–H and O–H groups in total. The van der Waals surface area contributed by atoms with Gasteiger partial charge in [0.2, 0.25) is 0 Å². The van der Waals surface area contributed by atoms with Crippen LogP contribution in [0.25, 0.3) is 10.8 Å². The van der Waals surface area contributed by atoms with Crippen molar-refractivity contribution in [3.63, 3.8) is 0 Å². The zero-order valence-electron chi connectivity index (χ0n) is 10.7. The number of benzene rings is 2. The molecule has 2 rings (SSSR count). The molecular formula is C14H10F6. The first-order chi connectivity index (χ1) is 9.36. The molecule has 0 radical (unpaired) electrons. The summed E-state index contributed by atoms with van der Waals surface area (Å²) in [5.74, 6) is -9.51. The van der Waals surface area contributed by atoms with Crippen LogP contribution in [0.3, 0.4) is 0 Å². The van der Waals surface area contributed by atoms with Crippen LogP contribution in [0.1, 0.15) is 25.0 Å². The van der Waals surface area contributed by atoms with Crippen molar-refractivity contribution < 1.29 is 26.3 Å². The summed E-state index contributed by atoms with van der Waals surface area (Å²) in [6.07, 6.45) is -0.550. The molecule has 2 aromatic rings. The van der Waals surface area contributed by atoms with Gasteiger partial charge >= 0.3 is 0 Å². The van der Waals surface area contributed by atoms with Crippen molar-refractivity contribution in [1.29, 1.82) is 0 Å². The topological polar surface area (TPSA) is 0 Å². The van der Waals surface area contributed by atoms with Crippen molar-refractivity contribution >= 4 is 10.8 Å². The van der Waals surface area contributed by atoms with E-state index >= 15 is 0 Å². The second-order valence-corrected chi connectivity index (χ2v) is 4.30. The Balaban J connectivity index is 3.15. The van der Waals surface area contributed by atoms with Gasteiger partial charge in [0.05, 0.1) is 10.8 Å². The summed E-state index contributed by atoms with van der Waals surface area (Å²) in [6, 6.07) is 0. The van der Waals surface area contributed by atoms with E-state index in [9.17, 15) is 26.3 Å². The molecule has 0 saturated heterocycles. The highest BCUT2D eigenvalue weighted by atomic mass is 19.2. The normalized spacial score (nSPS) is 11.4. The van der Waals surface area contributed by atoms with Crippen LogP contribution in [-0.4, -0.2) is 0 Å². The van der Waals surface area contributed by atoms with Gasteiger partial charge in [-0.2, -0.15) is 0 Å². The minimum Gasteiger partial charge on any atom is -0.206 e. The van der Waals surface area contributed by atoms with E-state index in [0.29, 0.717) is 0 Å². The number of rotatable bonds is 2. The summed E-state index contributed by atoms with van der Waals surface area (Å²) in [7, 11) is 0. The van der Waals surface area contributed by atoms with Gasteiger partial charge in [-0.05, 0) is 12.8 Å². The summed E-state index contributed by atoms with van der Waals surface area (Å²) in [4.78, 5) is 0. The van der Waals surface area contributed by atoms with E-state index in [-0.39, 0.29) is 12.8 Å². The lowest BCUT2D eigenvalue weighted by atomic mass is 9.98. The summed E-state index contributed by atoms with van der Waals surface area (Å²) in [5, 5.41) is -2.37. The van der Waals surface area contributed by atoms with Gasteiger partial charge in [-0.1, -0.05) is 13.8 Å². The molecule has 0 aliphatic heterocycles. The number of hydrogen-bond donors (Lipinski definition) is 0. The van der Waals surface area contributed by atoms with Gasteiger partial charge in [0.25, 0.3) is 0 Å².